The van der Waals surface area contributed by atoms with Gasteiger partial charge in [-0.1, -0.05) is 0 Å². The molecule has 0 N–H and O–H groups in total. The molecule has 0 saturated heterocycles. The van der Waals surface area contributed by atoms with E-state index in [1.807, 2.05) is 11.6 Å². The third kappa shape index (κ3) is 1.92. The predicted octanol–water partition coefficient (Wildman–Crippen LogP) is 1.29. The lowest BCUT2D eigenvalue weighted by molar-refractivity contribution is 0.576. The third-order valence-corrected chi connectivity index (χ3v) is 2.64. The first-order valence-corrected chi connectivity index (χ1v) is 5.04. The summed E-state index contributed by atoms with van der Waals surface area (Å²) in [5, 5.41) is 15.5. The van der Waals surface area contributed by atoms with Crippen molar-refractivity contribution < 1.29 is 0 Å². The van der Waals surface area contributed by atoms with Gasteiger partial charge < -0.3 is 0 Å². The lowest BCUT2D eigenvalue weighted by Crippen LogP contribution is -2.04. The minimum Gasteiger partial charge on any atom is -0.230 e. The molecule has 2 aromatic heterocycles. The monoisotopic (exact) mass is 194 g/mol. The summed E-state index contributed by atoms with van der Waals surface area (Å²) in [5.74, 6) is 0.871. The molecule has 0 fully saturated rings. The smallest absolute Gasteiger partial charge is 0.148 e. The number of aromatic nitrogens is 4. The second-order valence-electron chi connectivity index (χ2n) is 2.83. The van der Waals surface area contributed by atoms with Gasteiger partial charge in [0.1, 0.15) is 5.82 Å². The van der Waals surface area contributed by atoms with Gasteiger partial charge >= 0.3 is 0 Å². The van der Waals surface area contributed by atoms with Gasteiger partial charge in [-0.3, -0.25) is 0 Å². The molecule has 0 amide bonds. The zero-order chi connectivity index (χ0) is 9.10. The van der Waals surface area contributed by atoms with E-state index in [0.29, 0.717) is 0 Å². The van der Waals surface area contributed by atoms with E-state index in [1.54, 1.807) is 11.3 Å². The molecule has 0 aliphatic rings. The zero-order valence-electron chi connectivity index (χ0n) is 7.34. The minimum atomic E-state index is 0.857. The van der Waals surface area contributed by atoms with E-state index in [9.17, 15) is 0 Å². The zero-order valence-corrected chi connectivity index (χ0v) is 8.16. The fourth-order valence-electron chi connectivity index (χ4n) is 1.13. The number of aryl methyl sites for hydroxylation is 3. The molecule has 0 bridgehead atoms. The number of rotatable bonds is 3. The molecular weight excluding hydrogens is 184 g/mol. The molecule has 0 saturated carbocycles. The lowest BCUT2D eigenvalue weighted by atomic mass is 10.2. The van der Waals surface area contributed by atoms with Crippen LogP contribution in [0, 0.1) is 6.92 Å². The molecular formula is C8H10N4S. The van der Waals surface area contributed by atoms with Crippen LogP contribution in [-0.2, 0) is 13.0 Å². The Labute approximate surface area is 80.2 Å². The molecule has 0 unspecified atom stereocenters. The Kier molecular flexibility index (Phi) is 2.35. The molecule has 0 aromatic carbocycles. The van der Waals surface area contributed by atoms with Crippen LogP contribution in [-0.4, -0.2) is 20.2 Å². The molecule has 13 heavy (non-hydrogen) atoms. The highest BCUT2D eigenvalue weighted by Gasteiger charge is 2.00. The van der Waals surface area contributed by atoms with Gasteiger partial charge in [-0.2, -0.15) is 11.3 Å². The molecule has 0 radical (unpaired) electrons. The predicted molar refractivity (Wildman–Crippen MR) is 50.6 cm³/mol. The van der Waals surface area contributed by atoms with Crippen LogP contribution >= 0.6 is 11.3 Å². The van der Waals surface area contributed by atoms with Crippen molar-refractivity contribution in [3.63, 3.8) is 0 Å². The maximum Gasteiger partial charge on any atom is 0.148 e. The van der Waals surface area contributed by atoms with E-state index in [-0.39, 0.29) is 0 Å². The SMILES string of the molecule is Cc1nnnn1CCc1ccsc1. The van der Waals surface area contributed by atoms with Crippen molar-refractivity contribution in [3.8, 4) is 0 Å². The van der Waals surface area contributed by atoms with Crippen LogP contribution in [0.25, 0.3) is 0 Å². The molecule has 0 aliphatic heterocycles. The molecule has 5 heteroatoms. The van der Waals surface area contributed by atoms with Gasteiger partial charge in [-0.25, -0.2) is 4.68 Å². The third-order valence-electron chi connectivity index (χ3n) is 1.90. The minimum absolute atomic E-state index is 0.857. The van der Waals surface area contributed by atoms with Gasteiger partial charge in [0.05, 0.1) is 0 Å². The van der Waals surface area contributed by atoms with Crippen molar-refractivity contribution >= 4 is 11.3 Å². The van der Waals surface area contributed by atoms with E-state index in [1.165, 1.54) is 5.56 Å². The lowest BCUT2D eigenvalue weighted by Gasteiger charge is -1.98. The Morgan fingerprint density at radius 1 is 1.54 bits per heavy atom. The van der Waals surface area contributed by atoms with Gasteiger partial charge in [0.15, 0.2) is 0 Å². The first-order valence-electron chi connectivity index (χ1n) is 4.10. The average molecular weight is 194 g/mol. The highest BCUT2D eigenvalue weighted by atomic mass is 32.1. The number of hydrogen-bond donors (Lipinski definition) is 0. The Morgan fingerprint density at radius 3 is 3.08 bits per heavy atom. The Balaban J connectivity index is 1.97. The van der Waals surface area contributed by atoms with Crippen molar-refractivity contribution in [3.05, 3.63) is 28.2 Å². The van der Waals surface area contributed by atoms with Crippen molar-refractivity contribution in [2.75, 3.05) is 0 Å². The number of hydrogen-bond acceptors (Lipinski definition) is 4. The van der Waals surface area contributed by atoms with Crippen LogP contribution < -0.4 is 0 Å². The molecule has 0 spiro atoms. The van der Waals surface area contributed by atoms with Crippen molar-refractivity contribution in [2.45, 2.75) is 19.9 Å². The average Bonchev–Trinajstić information content (AvgIpc) is 2.72. The van der Waals surface area contributed by atoms with Gasteiger partial charge in [0.25, 0.3) is 0 Å². The summed E-state index contributed by atoms with van der Waals surface area (Å²) in [6.45, 7) is 2.77. The standard InChI is InChI=1S/C8H10N4S/c1-7-9-10-11-12(7)4-2-8-3-5-13-6-8/h3,5-6H,2,4H2,1H3. The molecule has 0 atom stereocenters. The number of tetrazole rings is 1. The topological polar surface area (TPSA) is 43.6 Å². The first kappa shape index (κ1) is 8.37. The largest absolute Gasteiger partial charge is 0.230 e. The van der Waals surface area contributed by atoms with Crippen LogP contribution in [0.4, 0.5) is 0 Å². The van der Waals surface area contributed by atoms with Crippen molar-refractivity contribution in [1.82, 2.24) is 20.2 Å². The molecule has 2 rings (SSSR count). The van der Waals surface area contributed by atoms with E-state index in [2.05, 4.69) is 32.4 Å². The molecule has 68 valence electrons. The summed E-state index contributed by atoms with van der Waals surface area (Å²) < 4.78 is 1.82. The summed E-state index contributed by atoms with van der Waals surface area (Å²) in [5.41, 5.74) is 1.35. The van der Waals surface area contributed by atoms with Crippen molar-refractivity contribution in [1.29, 1.82) is 0 Å². The van der Waals surface area contributed by atoms with Crippen LogP contribution in [0.5, 0.6) is 0 Å². The maximum absolute atomic E-state index is 3.87. The van der Waals surface area contributed by atoms with Gasteiger partial charge in [-0.05, 0) is 46.2 Å². The van der Waals surface area contributed by atoms with Crippen molar-refractivity contribution in [2.24, 2.45) is 0 Å². The highest BCUT2D eigenvalue weighted by molar-refractivity contribution is 7.07. The van der Waals surface area contributed by atoms with Gasteiger partial charge in [-0.15, -0.1) is 5.10 Å². The summed E-state index contributed by atoms with van der Waals surface area (Å²) >= 11 is 1.72. The number of thiophene rings is 1. The molecule has 4 nitrogen and oxygen atoms in total. The normalized spacial score (nSPS) is 10.5. The first-order chi connectivity index (χ1) is 6.36. The fourth-order valence-corrected chi connectivity index (χ4v) is 1.83. The highest BCUT2D eigenvalue weighted by Crippen LogP contribution is 2.07. The van der Waals surface area contributed by atoms with Crippen LogP contribution in [0.2, 0.25) is 0 Å². The summed E-state index contributed by atoms with van der Waals surface area (Å²) in [6, 6.07) is 2.13. The maximum atomic E-state index is 3.87. The summed E-state index contributed by atoms with van der Waals surface area (Å²) in [7, 11) is 0. The van der Waals surface area contributed by atoms with Crippen LogP contribution in [0.3, 0.4) is 0 Å². The Hall–Kier alpha value is -1.23. The summed E-state index contributed by atoms with van der Waals surface area (Å²) in [4.78, 5) is 0. The quantitative estimate of drug-likeness (QED) is 0.739. The molecule has 0 aliphatic carbocycles. The molecule has 2 aromatic rings. The van der Waals surface area contributed by atoms with E-state index >= 15 is 0 Å². The van der Waals surface area contributed by atoms with Crippen LogP contribution in [0.15, 0.2) is 16.8 Å². The second kappa shape index (κ2) is 3.66. The fraction of sp³-hybridized carbons (Fsp3) is 0.375. The summed E-state index contributed by atoms with van der Waals surface area (Å²) in [6.07, 6.45) is 0.995. The van der Waals surface area contributed by atoms with Gasteiger partial charge in [0, 0.05) is 6.54 Å². The Morgan fingerprint density at radius 2 is 2.46 bits per heavy atom. The molecule has 2 heterocycles. The van der Waals surface area contributed by atoms with E-state index in [4.69, 9.17) is 0 Å². The Bertz CT molecular complexity index is 365. The second-order valence-corrected chi connectivity index (χ2v) is 3.61. The van der Waals surface area contributed by atoms with E-state index < -0.39 is 0 Å². The van der Waals surface area contributed by atoms with E-state index in [0.717, 1.165) is 18.8 Å². The van der Waals surface area contributed by atoms with Crippen LogP contribution in [0.1, 0.15) is 11.4 Å². The van der Waals surface area contributed by atoms with Gasteiger partial charge in [0.2, 0.25) is 0 Å². The number of nitrogens with zero attached hydrogens (tertiary/aromatic N) is 4.